The first kappa shape index (κ1) is 16.1. The number of nitrogens with zero attached hydrogens (tertiary/aromatic N) is 2. The first-order valence-corrected chi connectivity index (χ1v) is 8.54. The first-order valence-electron chi connectivity index (χ1n) is 8.54. The molecule has 2 heterocycles. The number of benzene rings is 2. The number of carbonyl (C=O) groups is 1. The molecule has 0 bridgehead atoms. The third-order valence-corrected chi connectivity index (χ3v) is 4.37. The molecule has 0 aliphatic rings. The Morgan fingerprint density at radius 3 is 2.38 bits per heavy atom. The molecule has 0 aliphatic heterocycles. The SMILES string of the molecule is Cc1ccc(-c2nc3cc(C)ccn3c2NC(=O)c2ccccc2)cc1. The van der Waals surface area contributed by atoms with E-state index in [4.69, 9.17) is 4.98 Å². The third-order valence-electron chi connectivity index (χ3n) is 4.37. The Hall–Kier alpha value is -3.40. The third kappa shape index (κ3) is 2.97. The molecule has 0 aliphatic carbocycles. The van der Waals surface area contributed by atoms with Crippen molar-refractivity contribution in [3.05, 3.63) is 89.6 Å². The van der Waals surface area contributed by atoms with Crippen LogP contribution in [0.2, 0.25) is 0 Å². The molecule has 128 valence electrons. The predicted molar refractivity (Wildman–Crippen MR) is 104 cm³/mol. The molecule has 1 N–H and O–H groups in total. The van der Waals surface area contributed by atoms with Crippen LogP contribution in [0.4, 0.5) is 5.82 Å². The molecular formula is C22H19N3O. The van der Waals surface area contributed by atoms with Crippen LogP contribution in [0.5, 0.6) is 0 Å². The van der Waals surface area contributed by atoms with E-state index in [0.717, 1.165) is 22.5 Å². The normalized spacial score (nSPS) is 10.8. The van der Waals surface area contributed by atoms with Crippen molar-refractivity contribution >= 4 is 17.4 Å². The van der Waals surface area contributed by atoms with Crippen molar-refractivity contribution in [2.75, 3.05) is 5.32 Å². The van der Waals surface area contributed by atoms with Crippen LogP contribution in [0, 0.1) is 13.8 Å². The lowest BCUT2D eigenvalue weighted by atomic mass is 10.1. The van der Waals surface area contributed by atoms with Gasteiger partial charge in [0.25, 0.3) is 5.91 Å². The van der Waals surface area contributed by atoms with Gasteiger partial charge in [-0.15, -0.1) is 0 Å². The molecule has 0 unspecified atom stereocenters. The van der Waals surface area contributed by atoms with Crippen LogP contribution in [0.15, 0.2) is 72.9 Å². The molecule has 0 saturated heterocycles. The number of imidazole rings is 1. The van der Waals surface area contributed by atoms with Crippen molar-refractivity contribution in [2.45, 2.75) is 13.8 Å². The molecule has 0 saturated carbocycles. The summed E-state index contributed by atoms with van der Waals surface area (Å²) in [6.07, 6.45) is 1.94. The first-order chi connectivity index (χ1) is 12.6. The van der Waals surface area contributed by atoms with Crippen molar-refractivity contribution < 1.29 is 4.79 Å². The molecule has 0 spiro atoms. The molecule has 0 radical (unpaired) electrons. The van der Waals surface area contributed by atoms with Crippen LogP contribution in [-0.4, -0.2) is 15.3 Å². The summed E-state index contributed by atoms with van der Waals surface area (Å²) >= 11 is 0. The molecule has 0 atom stereocenters. The highest BCUT2D eigenvalue weighted by Gasteiger charge is 2.17. The lowest BCUT2D eigenvalue weighted by Gasteiger charge is -2.08. The zero-order chi connectivity index (χ0) is 18.1. The highest BCUT2D eigenvalue weighted by atomic mass is 16.1. The summed E-state index contributed by atoms with van der Waals surface area (Å²) in [7, 11) is 0. The zero-order valence-electron chi connectivity index (χ0n) is 14.7. The fourth-order valence-corrected chi connectivity index (χ4v) is 2.95. The predicted octanol–water partition coefficient (Wildman–Crippen LogP) is 4.87. The summed E-state index contributed by atoms with van der Waals surface area (Å²) < 4.78 is 1.92. The van der Waals surface area contributed by atoms with Gasteiger partial charge in [0.15, 0.2) is 0 Å². The average molecular weight is 341 g/mol. The quantitative estimate of drug-likeness (QED) is 0.578. The number of carbonyl (C=O) groups excluding carboxylic acids is 1. The van der Waals surface area contributed by atoms with E-state index in [1.165, 1.54) is 5.56 Å². The molecule has 2 aromatic carbocycles. The van der Waals surface area contributed by atoms with Gasteiger partial charge in [0.05, 0.1) is 0 Å². The molecule has 2 aromatic heterocycles. The highest BCUT2D eigenvalue weighted by molar-refractivity contribution is 6.05. The van der Waals surface area contributed by atoms with E-state index in [9.17, 15) is 4.79 Å². The second-order valence-electron chi connectivity index (χ2n) is 6.43. The van der Waals surface area contributed by atoms with Crippen LogP contribution < -0.4 is 5.32 Å². The topological polar surface area (TPSA) is 46.4 Å². The van der Waals surface area contributed by atoms with Gasteiger partial charge in [-0.1, -0.05) is 48.0 Å². The lowest BCUT2D eigenvalue weighted by molar-refractivity contribution is 0.102. The van der Waals surface area contributed by atoms with Gasteiger partial charge in [-0.2, -0.15) is 0 Å². The minimum atomic E-state index is -0.152. The number of anilines is 1. The van der Waals surface area contributed by atoms with E-state index in [2.05, 4.69) is 12.2 Å². The van der Waals surface area contributed by atoms with Crippen LogP contribution in [0.3, 0.4) is 0 Å². The van der Waals surface area contributed by atoms with E-state index in [1.807, 2.05) is 72.1 Å². The van der Waals surface area contributed by atoms with Crippen LogP contribution in [0.1, 0.15) is 21.5 Å². The van der Waals surface area contributed by atoms with Gasteiger partial charge in [0.1, 0.15) is 17.2 Å². The van der Waals surface area contributed by atoms with Crippen molar-refractivity contribution in [3.63, 3.8) is 0 Å². The van der Waals surface area contributed by atoms with Crippen molar-refractivity contribution in [2.24, 2.45) is 0 Å². The van der Waals surface area contributed by atoms with E-state index in [1.54, 1.807) is 12.1 Å². The van der Waals surface area contributed by atoms with Crippen molar-refractivity contribution in [1.29, 1.82) is 0 Å². The average Bonchev–Trinajstić information content (AvgIpc) is 3.00. The number of fused-ring (bicyclic) bond motifs is 1. The maximum absolute atomic E-state index is 12.7. The van der Waals surface area contributed by atoms with Crippen LogP contribution >= 0.6 is 0 Å². The standard InChI is InChI=1S/C22H19N3O/c1-15-8-10-17(11-9-15)20-21(24-22(26)18-6-4-3-5-7-18)25-13-12-16(2)14-19(25)23-20/h3-14H,1-2H3,(H,24,26). The van der Waals surface area contributed by atoms with E-state index >= 15 is 0 Å². The Labute approximate surface area is 152 Å². The number of rotatable bonds is 3. The minimum Gasteiger partial charge on any atom is -0.306 e. The lowest BCUT2D eigenvalue weighted by Crippen LogP contribution is -2.13. The molecule has 26 heavy (non-hydrogen) atoms. The highest BCUT2D eigenvalue weighted by Crippen LogP contribution is 2.29. The summed E-state index contributed by atoms with van der Waals surface area (Å²) in [5.74, 6) is 0.527. The van der Waals surface area contributed by atoms with Gasteiger partial charge in [-0.25, -0.2) is 4.98 Å². The zero-order valence-corrected chi connectivity index (χ0v) is 14.7. The number of hydrogen-bond acceptors (Lipinski definition) is 2. The summed E-state index contributed by atoms with van der Waals surface area (Å²) in [6, 6.07) is 21.4. The monoisotopic (exact) mass is 341 g/mol. The maximum Gasteiger partial charge on any atom is 0.256 e. The Kier molecular flexibility index (Phi) is 4.01. The Morgan fingerprint density at radius 1 is 0.923 bits per heavy atom. The molecule has 4 rings (SSSR count). The number of aryl methyl sites for hydroxylation is 2. The van der Waals surface area contributed by atoms with Gasteiger partial charge >= 0.3 is 0 Å². The fraction of sp³-hybridized carbons (Fsp3) is 0.0909. The number of nitrogens with one attached hydrogen (secondary N) is 1. The van der Waals surface area contributed by atoms with Crippen LogP contribution in [0.25, 0.3) is 16.9 Å². The Bertz CT molecular complexity index is 1080. The molecule has 4 aromatic rings. The van der Waals surface area contributed by atoms with E-state index in [-0.39, 0.29) is 5.91 Å². The van der Waals surface area contributed by atoms with Gasteiger partial charge in [0.2, 0.25) is 0 Å². The van der Waals surface area contributed by atoms with Gasteiger partial charge in [-0.3, -0.25) is 9.20 Å². The minimum absolute atomic E-state index is 0.152. The molecular weight excluding hydrogens is 322 g/mol. The van der Waals surface area contributed by atoms with Gasteiger partial charge in [-0.05, 0) is 43.7 Å². The van der Waals surface area contributed by atoms with Crippen molar-refractivity contribution in [1.82, 2.24) is 9.38 Å². The van der Waals surface area contributed by atoms with Crippen molar-refractivity contribution in [3.8, 4) is 11.3 Å². The molecule has 1 amide bonds. The molecule has 4 heteroatoms. The van der Waals surface area contributed by atoms with Gasteiger partial charge in [0, 0.05) is 17.3 Å². The Balaban J connectivity index is 1.84. The van der Waals surface area contributed by atoms with Gasteiger partial charge < -0.3 is 5.32 Å². The number of aromatic nitrogens is 2. The van der Waals surface area contributed by atoms with Crippen LogP contribution in [-0.2, 0) is 0 Å². The summed E-state index contributed by atoms with van der Waals surface area (Å²) in [5.41, 5.74) is 5.47. The van der Waals surface area contributed by atoms with E-state index < -0.39 is 0 Å². The Morgan fingerprint density at radius 2 is 1.65 bits per heavy atom. The number of hydrogen-bond donors (Lipinski definition) is 1. The molecule has 0 fully saturated rings. The second-order valence-corrected chi connectivity index (χ2v) is 6.43. The summed E-state index contributed by atoms with van der Waals surface area (Å²) in [5, 5.41) is 3.04. The second kappa shape index (κ2) is 6.48. The summed E-state index contributed by atoms with van der Waals surface area (Å²) in [6.45, 7) is 4.08. The van der Waals surface area contributed by atoms with E-state index in [0.29, 0.717) is 11.4 Å². The number of pyridine rings is 1. The maximum atomic E-state index is 12.7. The molecule has 4 nitrogen and oxygen atoms in total. The largest absolute Gasteiger partial charge is 0.306 e. The number of amides is 1. The smallest absolute Gasteiger partial charge is 0.256 e. The summed E-state index contributed by atoms with van der Waals surface area (Å²) in [4.78, 5) is 17.5. The fourth-order valence-electron chi connectivity index (χ4n) is 2.95.